The molecule has 10 N–H and O–H groups in total. The second-order valence-electron chi connectivity index (χ2n) is 17.9. The van der Waals surface area contributed by atoms with Crippen molar-refractivity contribution in [3.8, 4) is 56.5 Å². The number of ether oxygens (including phenoxy) is 2. The van der Waals surface area contributed by atoms with Crippen LogP contribution in [0.1, 0.15) is 49.9 Å². The number of aliphatic hydroxyl groups excluding tert-OH is 5. The molecular formula is C56H64N6O11S2. The molecule has 0 fully saturated rings. The van der Waals surface area contributed by atoms with Gasteiger partial charge in [-0.3, -0.25) is 18.0 Å². The molecular weight excluding hydrogens is 997 g/mol. The fourth-order valence-corrected chi connectivity index (χ4v) is 8.96. The summed E-state index contributed by atoms with van der Waals surface area (Å²) in [7, 11) is -2.20. The maximum atomic E-state index is 13.0. The third kappa shape index (κ3) is 15.0. The van der Waals surface area contributed by atoms with Gasteiger partial charge in [0.1, 0.15) is 36.4 Å². The van der Waals surface area contributed by atoms with Crippen molar-refractivity contribution in [2.75, 3.05) is 38.9 Å². The van der Waals surface area contributed by atoms with Crippen LogP contribution in [-0.4, -0.2) is 105 Å². The average molecular weight is 1060 g/mol. The lowest BCUT2D eigenvalue weighted by molar-refractivity contribution is 0.202. The number of fused-ring (bicyclic) bond motifs is 2. The summed E-state index contributed by atoms with van der Waals surface area (Å²) in [6.45, 7) is 8.00. The van der Waals surface area contributed by atoms with E-state index in [1.165, 1.54) is 0 Å². The van der Waals surface area contributed by atoms with Gasteiger partial charge in [0.05, 0.1) is 54.8 Å². The lowest BCUT2D eigenvalue weighted by Gasteiger charge is -2.15. The molecule has 0 saturated carbocycles. The van der Waals surface area contributed by atoms with E-state index in [0.29, 0.717) is 109 Å². The molecule has 19 heteroatoms. The number of rotatable bonds is 18. The van der Waals surface area contributed by atoms with E-state index >= 15 is 0 Å². The second-order valence-corrected chi connectivity index (χ2v) is 20.7. The van der Waals surface area contributed by atoms with Gasteiger partial charge in [0.25, 0.3) is 11.1 Å². The minimum Gasteiger partial charge on any atom is -0.492 e. The Labute approximate surface area is 439 Å². The SMILES string of the molecule is CC(C)N.CC(C)NCCOc1ccc(-c2nc3cc(CO)cc(CO)c3c(=O)[nH]2)cc1-c1ccc(S(C)=O)cc1.CS(=O)c1ccc(-c2cc(-c3nc4cc(CO)cc(CO)c4c(=O)[nH]3)ccc2OCCO)cc1. The number of nitrogens with zero attached hydrogens (tertiary/aromatic N) is 2. The number of benzene rings is 6. The lowest BCUT2D eigenvalue weighted by atomic mass is 10.0. The van der Waals surface area contributed by atoms with E-state index in [9.17, 15) is 43.5 Å². The minimum atomic E-state index is -1.11. The fraction of sp³-hybridized carbons (Fsp3) is 0.286. The van der Waals surface area contributed by atoms with Crippen LogP contribution in [0.15, 0.2) is 129 Å². The van der Waals surface area contributed by atoms with Gasteiger partial charge in [-0.1, -0.05) is 64.1 Å². The topological polar surface area (TPSA) is 283 Å². The van der Waals surface area contributed by atoms with Crippen LogP contribution in [-0.2, 0) is 48.0 Å². The number of nitrogens with two attached hydrogens (primary N) is 1. The first kappa shape index (κ1) is 57.5. The van der Waals surface area contributed by atoms with E-state index in [1.807, 2.05) is 74.5 Å². The number of aliphatic hydroxyl groups is 5. The van der Waals surface area contributed by atoms with E-state index in [1.54, 1.807) is 61.0 Å². The first-order chi connectivity index (χ1) is 36.0. The molecule has 0 aliphatic rings. The molecule has 2 atom stereocenters. The summed E-state index contributed by atoms with van der Waals surface area (Å²) in [6.07, 6.45) is 3.25. The number of aromatic nitrogens is 4. The van der Waals surface area contributed by atoms with Crippen LogP contribution in [0, 0.1) is 0 Å². The highest BCUT2D eigenvalue weighted by molar-refractivity contribution is 7.84. The summed E-state index contributed by atoms with van der Waals surface area (Å²) < 4.78 is 35.4. The van der Waals surface area contributed by atoms with Crippen molar-refractivity contribution in [1.82, 2.24) is 25.3 Å². The Morgan fingerprint density at radius 2 is 0.947 bits per heavy atom. The largest absolute Gasteiger partial charge is 0.492 e. The van der Waals surface area contributed by atoms with Crippen molar-refractivity contribution < 1.29 is 43.4 Å². The zero-order valence-electron chi connectivity index (χ0n) is 42.7. The third-order valence-corrected chi connectivity index (χ3v) is 13.2. The minimum absolute atomic E-state index is 0.113. The first-order valence-electron chi connectivity index (χ1n) is 24.1. The van der Waals surface area contributed by atoms with Crippen molar-refractivity contribution in [1.29, 1.82) is 0 Å². The predicted octanol–water partition coefficient (Wildman–Crippen LogP) is 6.06. The molecule has 8 rings (SSSR count). The smallest absolute Gasteiger partial charge is 0.259 e. The van der Waals surface area contributed by atoms with Crippen molar-refractivity contribution >= 4 is 43.4 Å². The summed E-state index contributed by atoms with van der Waals surface area (Å²) in [4.78, 5) is 42.1. The Morgan fingerprint density at radius 1 is 0.560 bits per heavy atom. The Bertz CT molecular complexity index is 3400. The van der Waals surface area contributed by atoms with E-state index in [2.05, 4.69) is 39.1 Å². The molecule has 2 unspecified atom stereocenters. The van der Waals surface area contributed by atoms with Gasteiger partial charge >= 0.3 is 0 Å². The highest BCUT2D eigenvalue weighted by Gasteiger charge is 2.17. The molecule has 2 heterocycles. The van der Waals surface area contributed by atoms with Crippen LogP contribution >= 0.6 is 0 Å². The highest BCUT2D eigenvalue weighted by Crippen LogP contribution is 2.36. The van der Waals surface area contributed by atoms with E-state index in [4.69, 9.17) is 15.2 Å². The van der Waals surface area contributed by atoms with Gasteiger partial charge in [-0.05, 0) is 112 Å². The second kappa shape index (κ2) is 27.1. The monoisotopic (exact) mass is 1060 g/mol. The predicted molar refractivity (Wildman–Crippen MR) is 295 cm³/mol. The third-order valence-electron chi connectivity index (χ3n) is 11.4. The van der Waals surface area contributed by atoms with Crippen LogP contribution in [0.25, 0.3) is 66.8 Å². The molecule has 0 spiro atoms. The van der Waals surface area contributed by atoms with Crippen LogP contribution in [0.2, 0.25) is 0 Å². The Morgan fingerprint density at radius 3 is 1.29 bits per heavy atom. The average Bonchev–Trinajstić information content (AvgIpc) is 3.40. The van der Waals surface area contributed by atoms with Gasteiger partial charge in [-0.15, -0.1) is 0 Å². The zero-order chi connectivity index (χ0) is 54.3. The van der Waals surface area contributed by atoms with Crippen LogP contribution < -0.4 is 31.6 Å². The van der Waals surface area contributed by atoms with Crippen molar-refractivity contribution in [2.24, 2.45) is 5.73 Å². The number of H-pyrrole nitrogens is 2. The normalized spacial score (nSPS) is 12.0. The van der Waals surface area contributed by atoms with Crippen molar-refractivity contribution in [3.63, 3.8) is 0 Å². The molecule has 0 aliphatic heterocycles. The molecule has 396 valence electrons. The van der Waals surface area contributed by atoms with Crippen LogP contribution in [0.3, 0.4) is 0 Å². The van der Waals surface area contributed by atoms with E-state index < -0.39 is 27.2 Å². The molecule has 8 aromatic rings. The van der Waals surface area contributed by atoms with E-state index in [0.717, 1.165) is 21.6 Å². The summed E-state index contributed by atoms with van der Waals surface area (Å²) in [5.74, 6) is 1.89. The zero-order valence-corrected chi connectivity index (χ0v) is 44.3. The quantitative estimate of drug-likeness (QED) is 0.0442. The van der Waals surface area contributed by atoms with Gasteiger partial charge < -0.3 is 56.0 Å². The van der Waals surface area contributed by atoms with Gasteiger partial charge in [0, 0.05) is 78.7 Å². The number of hydrogen-bond acceptors (Lipinski definition) is 15. The fourth-order valence-electron chi connectivity index (χ4n) is 7.92. The summed E-state index contributed by atoms with van der Waals surface area (Å²) in [5, 5.41) is 51.6. The van der Waals surface area contributed by atoms with Crippen LogP contribution in [0.4, 0.5) is 0 Å². The van der Waals surface area contributed by atoms with E-state index in [-0.39, 0.29) is 50.6 Å². The Hall–Kier alpha value is -6.78. The van der Waals surface area contributed by atoms with Gasteiger partial charge in [-0.25, -0.2) is 9.97 Å². The molecule has 0 saturated heterocycles. The van der Waals surface area contributed by atoms with Crippen LogP contribution in [0.5, 0.6) is 11.5 Å². The molecule has 2 aromatic heterocycles. The maximum Gasteiger partial charge on any atom is 0.259 e. The number of hydrogen-bond donors (Lipinski definition) is 9. The molecule has 0 amide bonds. The summed E-state index contributed by atoms with van der Waals surface area (Å²) >= 11 is 0. The maximum absolute atomic E-state index is 13.0. The Kier molecular flexibility index (Phi) is 20.8. The van der Waals surface area contributed by atoms with Gasteiger partial charge in [0.2, 0.25) is 0 Å². The molecule has 0 aliphatic carbocycles. The highest BCUT2D eigenvalue weighted by atomic mass is 32.2. The molecule has 17 nitrogen and oxygen atoms in total. The summed E-state index contributed by atoms with van der Waals surface area (Å²) in [6, 6.07) is 32.7. The number of aromatic amines is 2. The molecule has 75 heavy (non-hydrogen) atoms. The molecule has 0 bridgehead atoms. The summed E-state index contributed by atoms with van der Waals surface area (Å²) in [5.41, 5.74) is 11.5. The molecule has 0 radical (unpaired) electrons. The van der Waals surface area contributed by atoms with Crippen molar-refractivity contribution in [2.45, 2.75) is 76.0 Å². The standard InChI is InChI=1S/C28H31N3O5S.C25H24N2O6S.C3H9N/c1-17(2)29-10-11-36-25-9-6-20(14-23(25)19-4-7-22(8-5-19)37(3)35)27-30-24-13-18(15-32)12-21(16-33)26(24)28(34)31-27;1-34(32)19-5-2-16(3-6-19)20-12-17(4-7-22(20)33-9-8-28)24-26-21-11-15(13-29)10-18(14-30)23(21)25(31)27-24;1-3(2)4/h4-9,12-14,17,29,32-33H,10-11,15-16H2,1-3H3,(H,30,31,34);2-7,10-12,28-30H,8-9,13-14H2,1H3,(H,26,27,31);3H,4H2,1-2H3. The number of nitrogens with one attached hydrogen (secondary N) is 3. The molecule has 6 aromatic carbocycles. The van der Waals surface area contributed by atoms with Gasteiger partial charge in [-0.2, -0.15) is 0 Å². The Balaban J connectivity index is 0.000000228. The lowest BCUT2D eigenvalue weighted by Crippen LogP contribution is -2.27. The van der Waals surface area contributed by atoms with Gasteiger partial charge in [0.15, 0.2) is 0 Å². The first-order valence-corrected chi connectivity index (χ1v) is 27.2. The van der Waals surface area contributed by atoms with Crippen molar-refractivity contribution in [3.05, 3.63) is 152 Å².